The summed E-state index contributed by atoms with van der Waals surface area (Å²) in [4.78, 5) is 7.24. The van der Waals surface area contributed by atoms with Gasteiger partial charge >= 0.3 is 0 Å². The maximum atomic E-state index is 9.23. The Labute approximate surface area is 70.1 Å². The van der Waals surface area contributed by atoms with E-state index in [1.165, 1.54) is 0 Å². The molecule has 62 valence electrons. The monoisotopic (exact) mass is 162 g/mol. The fourth-order valence-corrected chi connectivity index (χ4v) is 1.17. The van der Waals surface area contributed by atoms with Gasteiger partial charge in [0.1, 0.15) is 11.9 Å². The van der Waals surface area contributed by atoms with Gasteiger partial charge in [-0.3, -0.25) is 0 Å². The van der Waals surface area contributed by atoms with Crippen molar-refractivity contribution < 1.29 is 5.11 Å². The molecular formula is C9H10N2O. The van der Waals surface area contributed by atoms with E-state index >= 15 is 0 Å². The summed E-state index contributed by atoms with van der Waals surface area (Å²) in [7, 11) is 0. The lowest BCUT2D eigenvalue weighted by molar-refractivity contribution is 0.190. The van der Waals surface area contributed by atoms with Crippen LogP contribution in [0.1, 0.15) is 18.9 Å². The van der Waals surface area contributed by atoms with Crippen molar-refractivity contribution in [3.63, 3.8) is 0 Å². The maximum absolute atomic E-state index is 9.23. The van der Waals surface area contributed by atoms with E-state index in [1.54, 1.807) is 6.92 Å². The van der Waals surface area contributed by atoms with E-state index in [0.717, 1.165) is 11.0 Å². The van der Waals surface area contributed by atoms with Crippen molar-refractivity contribution >= 4 is 11.0 Å². The summed E-state index contributed by atoms with van der Waals surface area (Å²) in [5.41, 5.74) is 1.86. The second kappa shape index (κ2) is 2.60. The first-order valence-electron chi connectivity index (χ1n) is 3.90. The fraction of sp³-hybridized carbons (Fsp3) is 0.222. The number of fused-ring (bicyclic) bond motifs is 1. The molecule has 1 unspecified atom stereocenters. The number of rotatable bonds is 1. The van der Waals surface area contributed by atoms with Gasteiger partial charge in [-0.2, -0.15) is 0 Å². The van der Waals surface area contributed by atoms with Gasteiger partial charge < -0.3 is 10.1 Å². The van der Waals surface area contributed by atoms with E-state index in [2.05, 4.69) is 9.97 Å². The number of hydrogen-bond acceptors (Lipinski definition) is 2. The fourth-order valence-electron chi connectivity index (χ4n) is 1.17. The summed E-state index contributed by atoms with van der Waals surface area (Å²) < 4.78 is 0. The van der Waals surface area contributed by atoms with Gasteiger partial charge in [-0.15, -0.1) is 0 Å². The highest BCUT2D eigenvalue weighted by Gasteiger charge is 2.05. The Bertz CT molecular complexity index is 359. The van der Waals surface area contributed by atoms with Gasteiger partial charge in [0.05, 0.1) is 11.0 Å². The Morgan fingerprint density at radius 2 is 2.17 bits per heavy atom. The molecule has 0 aliphatic heterocycles. The summed E-state index contributed by atoms with van der Waals surface area (Å²) >= 11 is 0. The molecular weight excluding hydrogens is 152 g/mol. The van der Waals surface area contributed by atoms with E-state index in [9.17, 15) is 5.11 Å². The highest BCUT2D eigenvalue weighted by molar-refractivity contribution is 5.74. The highest BCUT2D eigenvalue weighted by Crippen LogP contribution is 2.14. The number of para-hydroxylation sites is 2. The molecule has 1 heterocycles. The van der Waals surface area contributed by atoms with Gasteiger partial charge in [-0.05, 0) is 19.1 Å². The van der Waals surface area contributed by atoms with Crippen LogP contribution in [0.4, 0.5) is 0 Å². The number of nitrogens with zero attached hydrogens (tertiary/aromatic N) is 1. The summed E-state index contributed by atoms with van der Waals surface area (Å²) in [6.45, 7) is 1.69. The summed E-state index contributed by atoms with van der Waals surface area (Å²) in [5.74, 6) is 0.621. The van der Waals surface area contributed by atoms with Gasteiger partial charge in [-0.1, -0.05) is 12.1 Å². The van der Waals surface area contributed by atoms with Crippen molar-refractivity contribution in [3.8, 4) is 0 Å². The van der Waals surface area contributed by atoms with Gasteiger partial charge in [0, 0.05) is 0 Å². The number of aliphatic hydroxyl groups is 1. The molecule has 1 aromatic heterocycles. The van der Waals surface area contributed by atoms with Crippen LogP contribution in [0.25, 0.3) is 11.0 Å². The Morgan fingerprint density at radius 1 is 1.42 bits per heavy atom. The molecule has 0 radical (unpaired) electrons. The molecule has 2 rings (SSSR count). The lowest BCUT2D eigenvalue weighted by atomic mass is 10.3. The zero-order valence-electron chi connectivity index (χ0n) is 6.78. The summed E-state index contributed by atoms with van der Waals surface area (Å²) in [6.07, 6.45) is -0.530. The minimum absolute atomic E-state index is 0.530. The molecule has 0 aliphatic carbocycles. The van der Waals surface area contributed by atoms with Crippen molar-refractivity contribution in [1.29, 1.82) is 0 Å². The number of H-pyrrole nitrogens is 1. The Hall–Kier alpha value is -1.35. The Morgan fingerprint density at radius 3 is 2.83 bits per heavy atom. The minimum Gasteiger partial charge on any atom is -0.385 e. The lowest BCUT2D eigenvalue weighted by Crippen LogP contribution is -1.92. The normalized spacial score (nSPS) is 13.5. The van der Waals surface area contributed by atoms with Crippen LogP contribution >= 0.6 is 0 Å². The quantitative estimate of drug-likeness (QED) is 0.669. The van der Waals surface area contributed by atoms with E-state index < -0.39 is 6.10 Å². The standard InChI is InChI=1S/C9H10N2O/c1-6(12)9-10-7-4-2-3-5-8(7)11-9/h2-6,12H,1H3,(H,10,11). The Balaban J connectivity index is 2.62. The zero-order chi connectivity index (χ0) is 8.55. The molecule has 3 nitrogen and oxygen atoms in total. The van der Waals surface area contributed by atoms with Crippen molar-refractivity contribution in [2.45, 2.75) is 13.0 Å². The van der Waals surface area contributed by atoms with Crippen LogP contribution in [-0.2, 0) is 0 Å². The van der Waals surface area contributed by atoms with Gasteiger partial charge in [-0.25, -0.2) is 4.98 Å². The molecule has 2 N–H and O–H groups in total. The number of benzene rings is 1. The molecule has 2 aromatic rings. The second-order valence-corrected chi connectivity index (χ2v) is 2.82. The minimum atomic E-state index is -0.530. The smallest absolute Gasteiger partial charge is 0.135 e. The average molecular weight is 162 g/mol. The van der Waals surface area contributed by atoms with Gasteiger partial charge in [0.2, 0.25) is 0 Å². The third-order valence-corrected chi connectivity index (χ3v) is 1.80. The van der Waals surface area contributed by atoms with Crippen LogP contribution in [0.3, 0.4) is 0 Å². The number of imidazole rings is 1. The molecule has 0 saturated carbocycles. The molecule has 12 heavy (non-hydrogen) atoms. The molecule has 0 bridgehead atoms. The van der Waals surface area contributed by atoms with Crippen LogP contribution < -0.4 is 0 Å². The lowest BCUT2D eigenvalue weighted by Gasteiger charge is -1.95. The number of hydrogen-bond donors (Lipinski definition) is 2. The molecule has 3 heteroatoms. The van der Waals surface area contributed by atoms with Crippen LogP contribution in [0.2, 0.25) is 0 Å². The van der Waals surface area contributed by atoms with Crippen molar-refractivity contribution in [2.75, 3.05) is 0 Å². The number of nitrogens with one attached hydrogen (secondary N) is 1. The van der Waals surface area contributed by atoms with Crippen molar-refractivity contribution in [2.24, 2.45) is 0 Å². The maximum Gasteiger partial charge on any atom is 0.135 e. The zero-order valence-corrected chi connectivity index (χ0v) is 6.78. The SMILES string of the molecule is CC(O)c1nc2ccccc2[nH]1. The molecule has 0 fully saturated rings. The molecule has 0 saturated heterocycles. The summed E-state index contributed by atoms with van der Waals surface area (Å²) in [5, 5.41) is 9.23. The second-order valence-electron chi connectivity index (χ2n) is 2.82. The van der Waals surface area contributed by atoms with Gasteiger partial charge in [0.15, 0.2) is 0 Å². The van der Waals surface area contributed by atoms with Crippen LogP contribution in [0, 0.1) is 0 Å². The predicted octanol–water partition coefficient (Wildman–Crippen LogP) is 1.62. The van der Waals surface area contributed by atoms with Crippen molar-refractivity contribution in [3.05, 3.63) is 30.1 Å². The molecule has 1 atom stereocenters. The van der Waals surface area contributed by atoms with Crippen molar-refractivity contribution in [1.82, 2.24) is 9.97 Å². The van der Waals surface area contributed by atoms with Crippen LogP contribution in [0.5, 0.6) is 0 Å². The largest absolute Gasteiger partial charge is 0.385 e. The van der Waals surface area contributed by atoms with Crippen LogP contribution in [0.15, 0.2) is 24.3 Å². The number of aromatic nitrogens is 2. The average Bonchev–Trinajstić information content (AvgIpc) is 2.46. The van der Waals surface area contributed by atoms with E-state index in [-0.39, 0.29) is 0 Å². The third kappa shape index (κ3) is 1.08. The van der Waals surface area contributed by atoms with E-state index in [1.807, 2.05) is 24.3 Å². The molecule has 1 aromatic carbocycles. The predicted molar refractivity (Wildman–Crippen MR) is 46.7 cm³/mol. The molecule has 0 amide bonds. The number of aliphatic hydroxyl groups excluding tert-OH is 1. The first-order valence-corrected chi connectivity index (χ1v) is 3.90. The van der Waals surface area contributed by atoms with Crippen LogP contribution in [-0.4, -0.2) is 15.1 Å². The third-order valence-electron chi connectivity index (χ3n) is 1.80. The van der Waals surface area contributed by atoms with Gasteiger partial charge in [0.25, 0.3) is 0 Å². The molecule has 0 spiro atoms. The topological polar surface area (TPSA) is 48.9 Å². The first-order chi connectivity index (χ1) is 5.77. The first kappa shape index (κ1) is 7.31. The Kier molecular flexibility index (Phi) is 1.59. The molecule has 0 aliphatic rings. The van der Waals surface area contributed by atoms with E-state index in [4.69, 9.17) is 0 Å². The number of aromatic amines is 1. The highest BCUT2D eigenvalue weighted by atomic mass is 16.3. The summed E-state index contributed by atoms with van der Waals surface area (Å²) in [6, 6.07) is 7.72. The van der Waals surface area contributed by atoms with E-state index in [0.29, 0.717) is 5.82 Å².